The topological polar surface area (TPSA) is 43.4 Å². The van der Waals surface area contributed by atoms with E-state index in [2.05, 4.69) is 12.2 Å². The molecule has 0 saturated heterocycles. The summed E-state index contributed by atoms with van der Waals surface area (Å²) in [6.07, 6.45) is 14.3. The van der Waals surface area contributed by atoms with E-state index in [0.29, 0.717) is 16.9 Å². The second-order valence-corrected chi connectivity index (χ2v) is 7.60. The van der Waals surface area contributed by atoms with E-state index in [0.717, 1.165) is 34.7 Å². The molecular weight excluding hydrogens is 396 g/mol. The number of esters is 1. The Morgan fingerprint density at radius 3 is 2.56 bits per heavy atom. The molecule has 1 aliphatic carbocycles. The fraction of sp³-hybridized carbons (Fsp3) is 0.103. The average Bonchev–Trinajstić information content (AvgIpc) is 2.83. The van der Waals surface area contributed by atoms with Crippen molar-refractivity contribution in [2.75, 3.05) is 0 Å². The van der Waals surface area contributed by atoms with Crippen LogP contribution in [0.3, 0.4) is 0 Å². The van der Waals surface area contributed by atoms with Crippen LogP contribution >= 0.6 is 0 Å². The van der Waals surface area contributed by atoms with Crippen LogP contribution in [0.15, 0.2) is 103 Å². The van der Waals surface area contributed by atoms with E-state index in [-0.39, 0.29) is 5.78 Å². The summed E-state index contributed by atoms with van der Waals surface area (Å²) in [6.45, 7) is 1.84. The molecule has 158 valence electrons. The van der Waals surface area contributed by atoms with Crippen LogP contribution < -0.4 is 0 Å². The number of allylic oxidation sites excluding steroid dienone is 6. The maximum absolute atomic E-state index is 12.7. The number of ketones is 1. The van der Waals surface area contributed by atoms with E-state index < -0.39 is 5.97 Å². The molecule has 3 heteroatoms. The molecule has 3 aromatic rings. The molecule has 0 heterocycles. The first-order chi connectivity index (χ1) is 15.6. The maximum Gasteiger partial charge on any atom is 0.343 e. The first kappa shape index (κ1) is 21.3. The average molecular weight is 421 g/mol. The summed E-state index contributed by atoms with van der Waals surface area (Å²) in [4.78, 5) is 25.2. The zero-order chi connectivity index (χ0) is 22.3. The molecule has 0 unspecified atom stereocenters. The van der Waals surface area contributed by atoms with Gasteiger partial charge in [0, 0.05) is 5.56 Å². The maximum atomic E-state index is 12.7. The number of carbonyl (C=O) groups is 2. The third-order valence-corrected chi connectivity index (χ3v) is 5.34. The number of carbonyl (C=O) groups excluding carboxylic acids is 2. The Balaban J connectivity index is 1.47. The summed E-state index contributed by atoms with van der Waals surface area (Å²) in [5.74, 6) is -0.153. The molecule has 0 spiro atoms. The van der Waals surface area contributed by atoms with Crippen LogP contribution in [0.4, 0.5) is 0 Å². The second-order valence-electron chi connectivity index (χ2n) is 7.60. The van der Waals surface area contributed by atoms with Gasteiger partial charge in [-0.15, -0.1) is 0 Å². The van der Waals surface area contributed by atoms with Gasteiger partial charge in [-0.05, 0) is 78.1 Å². The molecule has 0 N–H and O–H groups in total. The van der Waals surface area contributed by atoms with Crippen LogP contribution in [-0.4, -0.2) is 11.8 Å². The number of fused-ring (bicyclic) bond motifs is 2. The van der Waals surface area contributed by atoms with Crippen molar-refractivity contribution in [1.82, 2.24) is 0 Å². The highest BCUT2D eigenvalue weighted by Gasteiger charge is 2.12. The largest absolute Gasteiger partial charge is 0.423 e. The second kappa shape index (κ2) is 9.88. The van der Waals surface area contributed by atoms with E-state index in [1.165, 1.54) is 6.08 Å². The lowest BCUT2D eigenvalue weighted by Gasteiger charge is -2.12. The number of ether oxygens (including phenoxy) is 1. The number of rotatable bonds is 6. The van der Waals surface area contributed by atoms with Gasteiger partial charge in [0.2, 0.25) is 0 Å². The molecule has 32 heavy (non-hydrogen) atoms. The molecule has 0 saturated carbocycles. The van der Waals surface area contributed by atoms with Crippen LogP contribution in [0.2, 0.25) is 0 Å². The summed E-state index contributed by atoms with van der Waals surface area (Å²) >= 11 is 0. The van der Waals surface area contributed by atoms with Gasteiger partial charge in [-0.2, -0.15) is 0 Å². The van der Waals surface area contributed by atoms with Crippen LogP contribution in [0.1, 0.15) is 45.2 Å². The summed E-state index contributed by atoms with van der Waals surface area (Å²) in [7, 11) is 0. The predicted molar refractivity (Wildman–Crippen MR) is 130 cm³/mol. The van der Waals surface area contributed by atoms with Crippen molar-refractivity contribution in [3.8, 4) is 0 Å². The molecule has 0 bridgehead atoms. The number of hydrogen-bond donors (Lipinski definition) is 0. The van der Waals surface area contributed by atoms with Crippen molar-refractivity contribution in [1.29, 1.82) is 0 Å². The quantitative estimate of drug-likeness (QED) is 0.144. The number of aryl methyl sites for hydroxylation is 1. The minimum atomic E-state index is -0.416. The fourth-order valence-corrected chi connectivity index (χ4v) is 3.68. The van der Waals surface area contributed by atoms with Crippen molar-refractivity contribution in [3.63, 3.8) is 0 Å². The van der Waals surface area contributed by atoms with Gasteiger partial charge in [0.25, 0.3) is 0 Å². The zero-order valence-electron chi connectivity index (χ0n) is 18.0. The summed E-state index contributed by atoms with van der Waals surface area (Å²) in [5.41, 5.74) is 3.43. The third kappa shape index (κ3) is 5.01. The lowest BCUT2D eigenvalue weighted by molar-refractivity contribution is 0.0637. The van der Waals surface area contributed by atoms with Crippen LogP contribution in [0, 0.1) is 0 Å². The van der Waals surface area contributed by atoms with Gasteiger partial charge in [-0.3, -0.25) is 4.79 Å². The van der Waals surface area contributed by atoms with Crippen molar-refractivity contribution in [2.45, 2.75) is 19.8 Å². The monoisotopic (exact) mass is 420 g/mol. The molecule has 0 amide bonds. The highest BCUT2D eigenvalue weighted by molar-refractivity contribution is 6.06. The predicted octanol–water partition coefficient (Wildman–Crippen LogP) is 6.86. The van der Waals surface area contributed by atoms with Gasteiger partial charge in [0.05, 0.1) is 5.56 Å². The van der Waals surface area contributed by atoms with Gasteiger partial charge in [-0.1, -0.05) is 66.8 Å². The summed E-state index contributed by atoms with van der Waals surface area (Å²) < 4.78 is 5.57. The van der Waals surface area contributed by atoms with Gasteiger partial charge in [-0.25, -0.2) is 4.79 Å². The number of benzene rings is 3. The minimum absolute atomic E-state index is 0.110. The lowest BCUT2D eigenvalue weighted by Crippen LogP contribution is -2.06. The van der Waals surface area contributed by atoms with Gasteiger partial charge in [0.1, 0.15) is 5.76 Å². The van der Waals surface area contributed by atoms with E-state index in [4.69, 9.17) is 4.74 Å². The molecule has 3 aromatic carbocycles. The normalized spacial score (nSPS) is 13.6. The Labute approximate surface area is 188 Å². The molecule has 1 aliphatic rings. The van der Waals surface area contributed by atoms with Crippen LogP contribution in [0.25, 0.3) is 16.8 Å². The molecular formula is C29H24O3. The van der Waals surface area contributed by atoms with Crippen molar-refractivity contribution in [3.05, 3.63) is 125 Å². The highest BCUT2D eigenvalue weighted by atomic mass is 16.5. The molecule has 3 nitrogen and oxygen atoms in total. The minimum Gasteiger partial charge on any atom is -0.423 e. The molecule has 4 rings (SSSR count). The van der Waals surface area contributed by atoms with E-state index in [1.54, 1.807) is 30.4 Å². The molecule has 0 aliphatic heterocycles. The Morgan fingerprint density at radius 2 is 1.72 bits per heavy atom. The first-order valence-corrected chi connectivity index (χ1v) is 10.7. The SMILES string of the molecule is C\C=C/C(=C\C=C\C(=O)c1ccc2ccccc2c1)OC(=O)c1ccc2c(c1)CCC=C2. The third-order valence-electron chi connectivity index (χ3n) is 5.34. The lowest BCUT2D eigenvalue weighted by atomic mass is 9.95. The number of hydrogen-bond acceptors (Lipinski definition) is 3. The van der Waals surface area contributed by atoms with Crippen molar-refractivity contribution < 1.29 is 14.3 Å². The Bertz CT molecular complexity index is 1290. The van der Waals surface area contributed by atoms with Crippen molar-refractivity contribution in [2.24, 2.45) is 0 Å². The van der Waals surface area contributed by atoms with Crippen molar-refractivity contribution >= 4 is 28.6 Å². The zero-order valence-corrected chi connectivity index (χ0v) is 18.0. The molecule has 0 fully saturated rings. The standard InChI is InChI=1S/C29H24O3/c1-2-8-27(32-29(31)26-18-16-22-10-4-6-12-24(22)20-26)13-7-14-28(30)25-17-15-21-9-3-5-11-23(21)19-25/h2-5,7-11,13-20H,6,12H2,1H3/b8-2-,14-7+,27-13+. The van der Waals surface area contributed by atoms with Crippen LogP contribution in [-0.2, 0) is 11.2 Å². The van der Waals surface area contributed by atoms with Gasteiger partial charge < -0.3 is 4.74 Å². The van der Waals surface area contributed by atoms with Gasteiger partial charge in [0.15, 0.2) is 5.78 Å². The molecule has 0 aromatic heterocycles. The smallest absolute Gasteiger partial charge is 0.343 e. The van der Waals surface area contributed by atoms with E-state index in [1.807, 2.05) is 61.5 Å². The van der Waals surface area contributed by atoms with E-state index >= 15 is 0 Å². The Kier molecular flexibility index (Phi) is 6.57. The Hall–Kier alpha value is -3.98. The van der Waals surface area contributed by atoms with Gasteiger partial charge >= 0.3 is 5.97 Å². The molecule has 0 atom stereocenters. The van der Waals surface area contributed by atoms with Crippen LogP contribution in [0.5, 0.6) is 0 Å². The molecule has 0 radical (unpaired) electrons. The summed E-state index contributed by atoms with van der Waals surface area (Å²) in [6, 6.07) is 19.2. The Morgan fingerprint density at radius 1 is 0.906 bits per heavy atom. The van der Waals surface area contributed by atoms with E-state index in [9.17, 15) is 9.59 Å². The first-order valence-electron chi connectivity index (χ1n) is 10.7. The highest BCUT2D eigenvalue weighted by Crippen LogP contribution is 2.21. The fourth-order valence-electron chi connectivity index (χ4n) is 3.68. The summed E-state index contributed by atoms with van der Waals surface area (Å²) in [5, 5.41) is 2.11.